The second-order valence-corrected chi connectivity index (χ2v) is 7.05. The zero-order valence-electron chi connectivity index (χ0n) is 14.9. The van der Waals surface area contributed by atoms with Crippen LogP contribution in [-0.4, -0.2) is 34.1 Å². The first-order chi connectivity index (χ1) is 12.6. The van der Waals surface area contributed by atoms with Crippen LogP contribution in [0.3, 0.4) is 0 Å². The molecule has 0 aliphatic carbocycles. The van der Waals surface area contributed by atoms with E-state index < -0.39 is 0 Å². The van der Waals surface area contributed by atoms with Crippen molar-refractivity contribution in [1.29, 1.82) is 0 Å². The molecule has 0 radical (unpaired) electrons. The summed E-state index contributed by atoms with van der Waals surface area (Å²) in [5, 5.41) is 13.1. The number of aromatic nitrogens is 2. The summed E-state index contributed by atoms with van der Waals surface area (Å²) in [5.74, 6) is 0.989. The number of amides is 1. The number of hydrogen-bond donors (Lipinski definition) is 1. The van der Waals surface area contributed by atoms with E-state index in [2.05, 4.69) is 22.4 Å². The molecule has 0 aliphatic heterocycles. The largest absolute Gasteiger partial charge is 0.419 e. The van der Waals surface area contributed by atoms with Gasteiger partial charge in [0, 0.05) is 5.69 Å². The molecule has 1 N–H and O–H groups in total. The number of nitrogens with zero attached hydrogens (tertiary/aromatic N) is 3. The summed E-state index contributed by atoms with van der Waals surface area (Å²) in [6.07, 6.45) is 0.934. The van der Waals surface area contributed by atoms with Crippen LogP contribution >= 0.6 is 11.3 Å². The molecule has 7 heteroatoms. The van der Waals surface area contributed by atoms with Crippen LogP contribution in [0.15, 0.2) is 46.2 Å². The number of anilines is 1. The fraction of sp³-hybridized carbons (Fsp3) is 0.316. The minimum atomic E-state index is -0.0537. The van der Waals surface area contributed by atoms with Gasteiger partial charge in [0.2, 0.25) is 11.8 Å². The predicted octanol–water partition coefficient (Wildman–Crippen LogP) is 3.96. The Morgan fingerprint density at radius 2 is 2.15 bits per heavy atom. The van der Waals surface area contributed by atoms with Gasteiger partial charge in [0.05, 0.1) is 18.0 Å². The van der Waals surface area contributed by atoms with Crippen molar-refractivity contribution in [3.63, 3.8) is 0 Å². The number of carbonyl (C=O) groups excluding carboxylic acids is 1. The summed E-state index contributed by atoms with van der Waals surface area (Å²) in [4.78, 5) is 15.3. The average Bonchev–Trinajstić information content (AvgIpc) is 3.26. The van der Waals surface area contributed by atoms with Crippen molar-refractivity contribution >= 4 is 22.9 Å². The smallest absolute Gasteiger partial charge is 0.257 e. The van der Waals surface area contributed by atoms with E-state index in [1.165, 1.54) is 0 Å². The molecule has 0 saturated heterocycles. The Labute approximate surface area is 156 Å². The summed E-state index contributed by atoms with van der Waals surface area (Å²) >= 11 is 1.56. The molecule has 3 aromatic rings. The number of thiophene rings is 1. The lowest BCUT2D eigenvalue weighted by atomic mass is 10.2. The van der Waals surface area contributed by atoms with E-state index in [1.807, 2.05) is 53.6 Å². The fourth-order valence-corrected chi connectivity index (χ4v) is 3.31. The molecule has 0 aliphatic rings. The number of aryl methyl sites for hydroxylation is 1. The minimum absolute atomic E-state index is 0.0537. The van der Waals surface area contributed by atoms with Gasteiger partial charge in [-0.1, -0.05) is 25.1 Å². The normalized spacial score (nSPS) is 11.0. The predicted molar refractivity (Wildman–Crippen MR) is 103 cm³/mol. The number of carbonyl (C=O) groups is 1. The molecule has 3 rings (SSSR count). The van der Waals surface area contributed by atoms with Crippen molar-refractivity contribution in [3.05, 3.63) is 53.2 Å². The van der Waals surface area contributed by atoms with Crippen LogP contribution in [0.5, 0.6) is 0 Å². The van der Waals surface area contributed by atoms with E-state index in [-0.39, 0.29) is 12.5 Å². The van der Waals surface area contributed by atoms with Crippen LogP contribution < -0.4 is 5.32 Å². The summed E-state index contributed by atoms with van der Waals surface area (Å²) in [7, 11) is 0. The van der Waals surface area contributed by atoms with Gasteiger partial charge in [-0.2, -0.15) is 0 Å². The van der Waals surface area contributed by atoms with Crippen molar-refractivity contribution < 1.29 is 9.21 Å². The monoisotopic (exact) mass is 370 g/mol. The molecular weight excluding hydrogens is 348 g/mol. The maximum atomic E-state index is 12.4. The fourth-order valence-electron chi connectivity index (χ4n) is 2.67. The minimum Gasteiger partial charge on any atom is -0.419 e. The van der Waals surface area contributed by atoms with Crippen molar-refractivity contribution in [3.8, 4) is 10.8 Å². The molecule has 2 heterocycles. The van der Waals surface area contributed by atoms with Gasteiger partial charge in [-0.15, -0.1) is 21.5 Å². The average molecular weight is 370 g/mol. The van der Waals surface area contributed by atoms with Crippen molar-refractivity contribution in [2.75, 3.05) is 18.4 Å². The van der Waals surface area contributed by atoms with Crippen molar-refractivity contribution in [2.45, 2.75) is 26.8 Å². The maximum Gasteiger partial charge on any atom is 0.257 e. The number of rotatable bonds is 8. The molecule has 1 amide bonds. The highest BCUT2D eigenvalue weighted by molar-refractivity contribution is 7.13. The first-order valence-corrected chi connectivity index (χ1v) is 9.47. The topological polar surface area (TPSA) is 71.3 Å². The quantitative estimate of drug-likeness (QED) is 0.650. The SMILES string of the molecule is CCCN(CC(=O)Nc1cccc(C)c1)Cc1nnc(-c2cccs2)o1. The van der Waals surface area contributed by atoms with Crippen LogP contribution in [0.1, 0.15) is 24.8 Å². The molecule has 26 heavy (non-hydrogen) atoms. The Morgan fingerprint density at radius 3 is 2.88 bits per heavy atom. The Morgan fingerprint density at radius 1 is 1.27 bits per heavy atom. The molecule has 136 valence electrons. The number of nitrogens with one attached hydrogen (secondary N) is 1. The Bertz CT molecular complexity index is 845. The van der Waals surface area contributed by atoms with Gasteiger partial charge >= 0.3 is 0 Å². The van der Waals surface area contributed by atoms with Gasteiger partial charge in [0.25, 0.3) is 5.89 Å². The zero-order valence-corrected chi connectivity index (χ0v) is 15.8. The van der Waals surface area contributed by atoms with E-state index in [0.29, 0.717) is 18.3 Å². The third-order valence-electron chi connectivity index (χ3n) is 3.77. The highest BCUT2D eigenvalue weighted by Gasteiger charge is 2.16. The lowest BCUT2D eigenvalue weighted by molar-refractivity contribution is -0.117. The summed E-state index contributed by atoms with van der Waals surface area (Å²) in [6.45, 7) is 5.58. The Kier molecular flexibility index (Phi) is 6.14. The molecule has 0 bridgehead atoms. The number of benzene rings is 1. The molecule has 0 saturated carbocycles. The molecule has 0 atom stereocenters. The lowest BCUT2D eigenvalue weighted by Gasteiger charge is -2.19. The van der Waals surface area contributed by atoms with E-state index in [9.17, 15) is 4.79 Å². The highest BCUT2D eigenvalue weighted by Crippen LogP contribution is 2.23. The molecule has 1 aromatic carbocycles. The maximum absolute atomic E-state index is 12.4. The molecule has 0 fully saturated rings. The van der Waals surface area contributed by atoms with Crippen LogP contribution in [0.25, 0.3) is 10.8 Å². The van der Waals surface area contributed by atoms with Crippen LogP contribution in [0, 0.1) is 6.92 Å². The van der Waals surface area contributed by atoms with Crippen LogP contribution in [0.2, 0.25) is 0 Å². The van der Waals surface area contributed by atoms with Crippen molar-refractivity contribution in [1.82, 2.24) is 15.1 Å². The van der Waals surface area contributed by atoms with Gasteiger partial charge in [-0.05, 0) is 49.0 Å². The Balaban J connectivity index is 1.61. The summed E-state index contributed by atoms with van der Waals surface area (Å²) in [6, 6.07) is 11.7. The van der Waals surface area contributed by atoms with Crippen molar-refractivity contribution in [2.24, 2.45) is 0 Å². The first kappa shape index (κ1) is 18.3. The third kappa shape index (κ3) is 5.00. The second-order valence-electron chi connectivity index (χ2n) is 6.11. The van der Waals surface area contributed by atoms with Crippen LogP contribution in [-0.2, 0) is 11.3 Å². The van der Waals surface area contributed by atoms with Gasteiger partial charge in [-0.25, -0.2) is 0 Å². The standard InChI is InChI=1S/C19H22N4O2S/c1-3-9-23(12-17(24)20-15-7-4-6-14(2)11-15)13-18-21-22-19(25-18)16-8-5-10-26-16/h4-8,10-11H,3,9,12-13H2,1-2H3,(H,20,24). The second kappa shape index (κ2) is 8.73. The lowest BCUT2D eigenvalue weighted by Crippen LogP contribution is -2.33. The summed E-state index contributed by atoms with van der Waals surface area (Å²) in [5.41, 5.74) is 1.92. The summed E-state index contributed by atoms with van der Waals surface area (Å²) < 4.78 is 5.74. The van der Waals surface area contributed by atoms with Gasteiger partial charge < -0.3 is 9.73 Å². The molecule has 2 aromatic heterocycles. The van der Waals surface area contributed by atoms with Crippen LogP contribution in [0.4, 0.5) is 5.69 Å². The number of hydrogen-bond acceptors (Lipinski definition) is 6. The molecule has 6 nitrogen and oxygen atoms in total. The molecule has 0 spiro atoms. The van der Waals surface area contributed by atoms with E-state index in [4.69, 9.17) is 4.42 Å². The Hall–Kier alpha value is -2.51. The highest BCUT2D eigenvalue weighted by atomic mass is 32.1. The molecular formula is C19H22N4O2S. The third-order valence-corrected chi connectivity index (χ3v) is 4.62. The van der Waals surface area contributed by atoms with Gasteiger partial charge in [-0.3, -0.25) is 9.69 Å². The van der Waals surface area contributed by atoms with E-state index in [1.54, 1.807) is 11.3 Å². The first-order valence-electron chi connectivity index (χ1n) is 8.59. The molecule has 0 unspecified atom stereocenters. The van der Waals surface area contributed by atoms with E-state index >= 15 is 0 Å². The van der Waals surface area contributed by atoms with E-state index in [0.717, 1.165) is 29.1 Å². The van der Waals surface area contributed by atoms with Gasteiger partial charge in [0.15, 0.2) is 0 Å². The van der Waals surface area contributed by atoms with Gasteiger partial charge in [0.1, 0.15) is 0 Å². The zero-order chi connectivity index (χ0) is 18.4.